The molecule has 0 aliphatic carbocycles. The summed E-state index contributed by atoms with van der Waals surface area (Å²) in [6.45, 7) is 4.06. The first-order valence-corrected chi connectivity index (χ1v) is 5.79. The van der Waals surface area contributed by atoms with Gasteiger partial charge in [-0.3, -0.25) is 4.79 Å². The summed E-state index contributed by atoms with van der Waals surface area (Å²) in [4.78, 5) is 24.5. The third-order valence-electron chi connectivity index (χ3n) is 3.16. The number of carbonyl (C=O) groups is 2. The van der Waals surface area contributed by atoms with Crippen LogP contribution in [-0.2, 0) is 16.0 Å². The predicted octanol–water partition coefficient (Wildman–Crippen LogP) is 1.31. The normalized spacial score (nSPS) is 21.0. The van der Waals surface area contributed by atoms with Crippen LogP contribution in [0.15, 0.2) is 35.5 Å². The molecule has 0 radical (unpaired) electrons. The monoisotopic (exact) mass is 249 g/mol. The Labute approximate surface area is 105 Å². The molecule has 2 unspecified atom stereocenters. The number of amides is 1. The molecule has 1 amide bonds. The number of carboxylic acids is 1. The van der Waals surface area contributed by atoms with Gasteiger partial charge in [0, 0.05) is 25.3 Å². The number of likely N-dealkylation sites (tertiary alicyclic amines) is 1. The Morgan fingerprint density at radius 3 is 3.00 bits per heavy atom. The minimum absolute atomic E-state index is 0.0379. The maximum absolute atomic E-state index is 11.8. The van der Waals surface area contributed by atoms with Crippen molar-refractivity contribution in [2.45, 2.75) is 18.9 Å². The number of hydrogen-bond acceptors (Lipinski definition) is 3. The van der Waals surface area contributed by atoms with Crippen molar-refractivity contribution in [2.75, 3.05) is 6.54 Å². The number of hydrogen-bond donors (Lipinski definition) is 1. The molecule has 18 heavy (non-hydrogen) atoms. The second-order valence-corrected chi connectivity index (χ2v) is 4.38. The van der Waals surface area contributed by atoms with Crippen LogP contribution in [0.3, 0.4) is 0 Å². The second-order valence-electron chi connectivity index (χ2n) is 4.38. The highest BCUT2D eigenvalue weighted by Gasteiger charge is 2.37. The average Bonchev–Trinajstić information content (AvgIpc) is 2.95. The highest BCUT2D eigenvalue weighted by atomic mass is 16.4. The van der Waals surface area contributed by atoms with Crippen LogP contribution in [0, 0.1) is 5.92 Å². The van der Waals surface area contributed by atoms with E-state index in [1.165, 1.54) is 11.2 Å². The molecule has 5 nitrogen and oxygen atoms in total. The second kappa shape index (κ2) is 5.08. The number of furan rings is 1. The van der Waals surface area contributed by atoms with Gasteiger partial charge in [-0.1, -0.05) is 6.08 Å². The molecule has 1 saturated heterocycles. The summed E-state index contributed by atoms with van der Waals surface area (Å²) in [6.07, 6.45) is 3.72. The highest BCUT2D eigenvalue weighted by Crippen LogP contribution is 2.23. The lowest BCUT2D eigenvalue weighted by Gasteiger charge is -2.23. The van der Waals surface area contributed by atoms with E-state index in [2.05, 4.69) is 6.58 Å². The number of carbonyl (C=O) groups excluding carboxylic acids is 1. The van der Waals surface area contributed by atoms with Gasteiger partial charge in [0.2, 0.25) is 5.91 Å². The first-order chi connectivity index (χ1) is 8.61. The first kappa shape index (κ1) is 12.4. The van der Waals surface area contributed by atoms with Crippen molar-refractivity contribution in [1.82, 2.24) is 4.90 Å². The Morgan fingerprint density at radius 2 is 2.50 bits per heavy atom. The van der Waals surface area contributed by atoms with E-state index in [9.17, 15) is 14.7 Å². The molecule has 1 aromatic rings. The zero-order valence-electron chi connectivity index (χ0n) is 9.91. The zero-order valence-corrected chi connectivity index (χ0v) is 9.91. The molecule has 1 aliphatic heterocycles. The van der Waals surface area contributed by atoms with E-state index in [0.717, 1.165) is 0 Å². The molecule has 0 saturated carbocycles. The number of rotatable bonds is 5. The van der Waals surface area contributed by atoms with Crippen LogP contribution in [0.25, 0.3) is 0 Å². The number of aliphatic carboxylic acids is 1. The summed E-state index contributed by atoms with van der Waals surface area (Å²) < 4.78 is 5.14. The van der Waals surface area contributed by atoms with Gasteiger partial charge in [0.25, 0.3) is 0 Å². The molecule has 2 rings (SSSR count). The van der Waals surface area contributed by atoms with Crippen LogP contribution in [0.2, 0.25) is 0 Å². The predicted molar refractivity (Wildman–Crippen MR) is 63.9 cm³/mol. The lowest BCUT2D eigenvalue weighted by Crippen LogP contribution is -2.43. The van der Waals surface area contributed by atoms with Crippen LogP contribution >= 0.6 is 0 Å². The number of carboxylic acid groups (broad SMARTS) is 1. The third-order valence-corrected chi connectivity index (χ3v) is 3.16. The van der Waals surface area contributed by atoms with Crippen LogP contribution in [0.4, 0.5) is 0 Å². The molecule has 1 aromatic heterocycles. The maximum atomic E-state index is 11.8. The summed E-state index contributed by atoms with van der Waals surface area (Å²) in [7, 11) is 0. The molecule has 96 valence electrons. The molecular formula is C13H15NO4. The van der Waals surface area contributed by atoms with Gasteiger partial charge in [0.1, 0.15) is 11.8 Å². The molecule has 5 heteroatoms. The SMILES string of the molecule is C=CC1CC(=O)N(C(Cc2ccco2)C(=O)O)C1. The summed E-state index contributed by atoms with van der Waals surface area (Å²) >= 11 is 0. The van der Waals surface area contributed by atoms with Crippen LogP contribution in [0.1, 0.15) is 12.2 Å². The van der Waals surface area contributed by atoms with Gasteiger partial charge in [-0.25, -0.2) is 4.79 Å². The van der Waals surface area contributed by atoms with Crippen molar-refractivity contribution in [3.63, 3.8) is 0 Å². The van der Waals surface area contributed by atoms with Crippen molar-refractivity contribution >= 4 is 11.9 Å². The minimum Gasteiger partial charge on any atom is -0.480 e. The number of nitrogens with zero attached hydrogens (tertiary/aromatic N) is 1. The van der Waals surface area contributed by atoms with Crippen molar-refractivity contribution in [2.24, 2.45) is 5.92 Å². The fourth-order valence-electron chi connectivity index (χ4n) is 2.17. The molecule has 0 aromatic carbocycles. The van der Waals surface area contributed by atoms with Crippen LogP contribution in [-0.4, -0.2) is 34.5 Å². The van der Waals surface area contributed by atoms with Crippen molar-refractivity contribution in [3.8, 4) is 0 Å². The van der Waals surface area contributed by atoms with Gasteiger partial charge in [-0.15, -0.1) is 6.58 Å². The molecular weight excluding hydrogens is 234 g/mol. The lowest BCUT2D eigenvalue weighted by atomic mass is 10.1. The summed E-state index contributed by atoms with van der Waals surface area (Å²) in [5, 5.41) is 9.25. The average molecular weight is 249 g/mol. The van der Waals surface area contributed by atoms with E-state index in [4.69, 9.17) is 4.42 Å². The molecule has 0 bridgehead atoms. The summed E-state index contributed by atoms with van der Waals surface area (Å²) in [5.74, 6) is -0.545. The van der Waals surface area contributed by atoms with Crippen LogP contribution < -0.4 is 0 Å². The summed E-state index contributed by atoms with van der Waals surface area (Å²) in [6, 6.07) is 2.54. The fourth-order valence-corrected chi connectivity index (χ4v) is 2.17. The van der Waals surface area contributed by atoms with E-state index >= 15 is 0 Å². The van der Waals surface area contributed by atoms with Crippen LogP contribution in [0.5, 0.6) is 0 Å². The van der Waals surface area contributed by atoms with Gasteiger partial charge in [-0.2, -0.15) is 0 Å². The molecule has 0 spiro atoms. The third kappa shape index (κ3) is 2.45. The molecule has 1 N–H and O–H groups in total. The van der Waals surface area contributed by atoms with E-state index in [-0.39, 0.29) is 18.2 Å². The Kier molecular flexibility index (Phi) is 3.50. The minimum atomic E-state index is -1.01. The topological polar surface area (TPSA) is 70.8 Å². The Balaban J connectivity index is 2.13. The van der Waals surface area contributed by atoms with Gasteiger partial charge >= 0.3 is 5.97 Å². The molecule has 1 aliphatic rings. The van der Waals surface area contributed by atoms with Crippen molar-refractivity contribution < 1.29 is 19.1 Å². The molecule has 1 fully saturated rings. The van der Waals surface area contributed by atoms with Crippen molar-refractivity contribution in [1.29, 1.82) is 0 Å². The zero-order chi connectivity index (χ0) is 13.1. The Morgan fingerprint density at radius 1 is 1.72 bits per heavy atom. The standard InChI is InChI=1S/C13H15NO4/c1-2-9-6-12(15)14(8-9)11(13(16)17)7-10-4-3-5-18-10/h2-5,9,11H,1,6-8H2,(H,16,17). The molecule has 2 heterocycles. The van der Waals surface area contributed by atoms with Gasteiger partial charge < -0.3 is 14.4 Å². The van der Waals surface area contributed by atoms with E-state index in [1.54, 1.807) is 18.2 Å². The largest absolute Gasteiger partial charge is 0.480 e. The first-order valence-electron chi connectivity index (χ1n) is 5.79. The molecule has 2 atom stereocenters. The van der Waals surface area contributed by atoms with Crippen molar-refractivity contribution in [3.05, 3.63) is 36.8 Å². The Bertz CT molecular complexity index is 452. The van der Waals surface area contributed by atoms with E-state index in [1.807, 2.05) is 0 Å². The van der Waals surface area contributed by atoms with Gasteiger partial charge in [-0.05, 0) is 12.1 Å². The highest BCUT2D eigenvalue weighted by molar-refractivity contribution is 5.85. The van der Waals surface area contributed by atoms with Gasteiger partial charge in [0.15, 0.2) is 0 Å². The van der Waals surface area contributed by atoms with Gasteiger partial charge in [0.05, 0.1) is 6.26 Å². The fraction of sp³-hybridized carbons (Fsp3) is 0.385. The smallest absolute Gasteiger partial charge is 0.326 e. The lowest BCUT2D eigenvalue weighted by molar-refractivity contribution is -0.148. The summed E-state index contributed by atoms with van der Waals surface area (Å²) in [5.41, 5.74) is 0. The van der Waals surface area contributed by atoms with E-state index in [0.29, 0.717) is 18.7 Å². The quantitative estimate of drug-likeness (QED) is 0.799. The maximum Gasteiger partial charge on any atom is 0.326 e. The van der Waals surface area contributed by atoms with E-state index < -0.39 is 12.0 Å². The Hall–Kier alpha value is -2.04.